The molecule has 0 aromatic carbocycles. The second-order valence-electron chi connectivity index (χ2n) is 6.00. The molecule has 0 aliphatic carbocycles. The highest BCUT2D eigenvalue weighted by Crippen LogP contribution is 2.20. The molecule has 4 heteroatoms. The van der Waals surface area contributed by atoms with Gasteiger partial charge in [0, 0.05) is 12.3 Å². The Morgan fingerprint density at radius 2 is 1.89 bits per heavy atom. The molecule has 0 aromatic rings. The number of urea groups is 1. The number of Topliss-reactive ketones (excluding diaryl/α,β-unsaturated/α-hetero) is 1. The number of carbonyl (C=O) groups is 2. The van der Waals surface area contributed by atoms with Gasteiger partial charge >= 0.3 is 6.03 Å². The Kier molecular flexibility index (Phi) is 6.32. The van der Waals surface area contributed by atoms with Gasteiger partial charge in [0.25, 0.3) is 0 Å². The van der Waals surface area contributed by atoms with Crippen LogP contribution in [-0.2, 0) is 4.79 Å². The van der Waals surface area contributed by atoms with Crippen LogP contribution in [0.15, 0.2) is 0 Å². The number of rotatable bonds is 8. The van der Waals surface area contributed by atoms with E-state index in [2.05, 4.69) is 24.5 Å². The molecule has 0 spiro atoms. The number of hydrogen-bond acceptors (Lipinski definition) is 2. The maximum atomic E-state index is 11.5. The van der Waals surface area contributed by atoms with Gasteiger partial charge in [-0.15, -0.1) is 0 Å². The van der Waals surface area contributed by atoms with Crippen molar-refractivity contribution in [3.8, 4) is 0 Å². The summed E-state index contributed by atoms with van der Waals surface area (Å²) >= 11 is 0. The van der Waals surface area contributed by atoms with Crippen molar-refractivity contribution in [1.29, 1.82) is 0 Å². The molecule has 0 aromatic heterocycles. The zero-order valence-corrected chi connectivity index (χ0v) is 12.7. The van der Waals surface area contributed by atoms with Crippen LogP contribution in [0, 0.1) is 11.8 Å². The Labute approximate surface area is 116 Å². The van der Waals surface area contributed by atoms with Gasteiger partial charge in [0.15, 0.2) is 0 Å². The third-order valence-corrected chi connectivity index (χ3v) is 4.08. The van der Waals surface area contributed by atoms with Crippen molar-refractivity contribution in [2.24, 2.45) is 11.8 Å². The molecule has 0 bridgehead atoms. The van der Waals surface area contributed by atoms with Crippen LogP contribution in [0.5, 0.6) is 0 Å². The molecule has 3 atom stereocenters. The molecular formula is C15H28N2O2. The Bertz CT molecular complexity index is 315. The van der Waals surface area contributed by atoms with Gasteiger partial charge < -0.3 is 10.6 Å². The summed E-state index contributed by atoms with van der Waals surface area (Å²) in [5.41, 5.74) is 0. The molecule has 19 heavy (non-hydrogen) atoms. The zero-order valence-electron chi connectivity index (χ0n) is 12.7. The van der Waals surface area contributed by atoms with Crippen LogP contribution in [0.1, 0.15) is 59.8 Å². The highest BCUT2D eigenvalue weighted by molar-refractivity contribution is 5.80. The molecule has 1 saturated heterocycles. The van der Waals surface area contributed by atoms with Crippen molar-refractivity contribution in [3.63, 3.8) is 0 Å². The van der Waals surface area contributed by atoms with E-state index in [1.165, 1.54) is 0 Å². The van der Waals surface area contributed by atoms with Gasteiger partial charge in [-0.3, -0.25) is 4.79 Å². The molecule has 4 nitrogen and oxygen atoms in total. The van der Waals surface area contributed by atoms with Gasteiger partial charge in [-0.05, 0) is 25.2 Å². The zero-order chi connectivity index (χ0) is 14.4. The summed E-state index contributed by atoms with van der Waals surface area (Å²) in [5.74, 6) is 0.966. The molecule has 1 heterocycles. The fourth-order valence-electron chi connectivity index (χ4n) is 2.68. The first kappa shape index (κ1) is 16.0. The Morgan fingerprint density at radius 3 is 2.47 bits per heavy atom. The van der Waals surface area contributed by atoms with E-state index in [1.807, 2.05) is 13.8 Å². The van der Waals surface area contributed by atoms with Crippen LogP contribution < -0.4 is 10.6 Å². The molecule has 1 aliphatic rings. The molecule has 0 saturated carbocycles. The molecule has 2 N–H and O–H groups in total. The summed E-state index contributed by atoms with van der Waals surface area (Å²) in [4.78, 5) is 22.9. The lowest BCUT2D eigenvalue weighted by atomic mass is 9.89. The topological polar surface area (TPSA) is 58.2 Å². The minimum Gasteiger partial charge on any atom is -0.333 e. The summed E-state index contributed by atoms with van der Waals surface area (Å²) in [7, 11) is 0. The second kappa shape index (κ2) is 7.51. The van der Waals surface area contributed by atoms with Crippen LogP contribution in [0.25, 0.3) is 0 Å². The Balaban J connectivity index is 2.25. The molecule has 1 rings (SSSR count). The van der Waals surface area contributed by atoms with Gasteiger partial charge in [0.05, 0.1) is 12.1 Å². The van der Waals surface area contributed by atoms with Gasteiger partial charge in [-0.25, -0.2) is 4.79 Å². The van der Waals surface area contributed by atoms with Crippen LogP contribution in [0.4, 0.5) is 4.79 Å². The van der Waals surface area contributed by atoms with Crippen LogP contribution in [-0.4, -0.2) is 23.9 Å². The highest BCUT2D eigenvalue weighted by atomic mass is 16.2. The number of carbonyl (C=O) groups excluding carboxylic acids is 2. The Hall–Kier alpha value is -1.06. The highest BCUT2D eigenvalue weighted by Gasteiger charge is 2.33. The van der Waals surface area contributed by atoms with E-state index in [9.17, 15) is 9.59 Å². The summed E-state index contributed by atoms with van der Waals surface area (Å²) < 4.78 is 0. The number of nitrogens with one attached hydrogen (secondary N) is 2. The maximum Gasteiger partial charge on any atom is 0.315 e. The fraction of sp³-hybridized carbons (Fsp3) is 0.867. The van der Waals surface area contributed by atoms with Gasteiger partial charge in [0.1, 0.15) is 5.78 Å². The lowest BCUT2D eigenvalue weighted by molar-refractivity contribution is -0.122. The summed E-state index contributed by atoms with van der Waals surface area (Å²) in [5, 5.41) is 5.96. The molecule has 3 unspecified atom stereocenters. The predicted molar refractivity (Wildman–Crippen MR) is 77.0 cm³/mol. The van der Waals surface area contributed by atoms with Crippen molar-refractivity contribution in [1.82, 2.24) is 10.6 Å². The Morgan fingerprint density at radius 1 is 1.21 bits per heavy atom. The minimum absolute atomic E-state index is 0.0429. The summed E-state index contributed by atoms with van der Waals surface area (Å²) in [6, 6.07) is 0.441. The van der Waals surface area contributed by atoms with E-state index < -0.39 is 0 Å². The number of ketones is 1. The van der Waals surface area contributed by atoms with E-state index in [1.54, 1.807) is 0 Å². The van der Waals surface area contributed by atoms with Gasteiger partial charge in [-0.2, -0.15) is 0 Å². The van der Waals surface area contributed by atoms with Gasteiger partial charge in [-0.1, -0.05) is 34.1 Å². The first-order chi connectivity index (χ1) is 8.95. The average Bonchev–Trinajstić information content (AvgIpc) is 2.75. The fourth-order valence-corrected chi connectivity index (χ4v) is 2.68. The monoisotopic (exact) mass is 268 g/mol. The summed E-state index contributed by atoms with van der Waals surface area (Å²) in [6.07, 6.45) is 4.74. The van der Waals surface area contributed by atoms with Crippen molar-refractivity contribution in [3.05, 3.63) is 0 Å². The smallest absolute Gasteiger partial charge is 0.315 e. The third-order valence-electron chi connectivity index (χ3n) is 4.08. The molecule has 110 valence electrons. The quantitative estimate of drug-likeness (QED) is 0.665. The molecule has 2 amide bonds. The minimum atomic E-state index is -0.0429. The van der Waals surface area contributed by atoms with E-state index in [0.29, 0.717) is 18.1 Å². The summed E-state index contributed by atoms with van der Waals surface area (Å²) in [6.45, 7) is 8.19. The SMILES string of the molecule is CCC1NC(=O)NC1C(C)CCCCC(=O)C(C)C. The standard InChI is InChI=1S/C15H28N2O2/c1-5-12-14(17-15(19)16-12)11(4)8-6-7-9-13(18)10(2)3/h10-12,14H,5-9H2,1-4H3,(H2,16,17,19). The van der Waals surface area contributed by atoms with E-state index >= 15 is 0 Å². The van der Waals surface area contributed by atoms with Crippen LogP contribution in [0.3, 0.4) is 0 Å². The molecule has 0 radical (unpaired) electrons. The van der Waals surface area contributed by atoms with Crippen molar-refractivity contribution in [2.75, 3.05) is 0 Å². The van der Waals surface area contributed by atoms with Gasteiger partial charge in [0.2, 0.25) is 0 Å². The maximum absolute atomic E-state index is 11.5. The largest absolute Gasteiger partial charge is 0.333 e. The predicted octanol–water partition coefficient (Wildman–Crippen LogP) is 2.87. The lowest BCUT2D eigenvalue weighted by Crippen LogP contribution is -2.38. The van der Waals surface area contributed by atoms with E-state index in [0.717, 1.165) is 25.7 Å². The normalized spacial score (nSPS) is 24.2. The van der Waals surface area contributed by atoms with E-state index in [-0.39, 0.29) is 24.0 Å². The first-order valence-corrected chi connectivity index (χ1v) is 7.55. The average molecular weight is 268 g/mol. The molecular weight excluding hydrogens is 240 g/mol. The molecule has 1 aliphatic heterocycles. The van der Waals surface area contributed by atoms with Crippen molar-refractivity contribution < 1.29 is 9.59 Å². The third kappa shape index (κ3) is 4.84. The second-order valence-corrected chi connectivity index (χ2v) is 6.00. The lowest BCUT2D eigenvalue weighted by Gasteiger charge is -2.23. The van der Waals surface area contributed by atoms with E-state index in [4.69, 9.17) is 0 Å². The number of unbranched alkanes of at least 4 members (excludes halogenated alkanes) is 1. The van der Waals surface area contributed by atoms with Crippen molar-refractivity contribution in [2.45, 2.75) is 71.9 Å². The van der Waals surface area contributed by atoms with Crippen molar-refractivity contribution >= 4 is 11.8 Å². The molecule has 1 fully saturated rings. The number of hydrogen-bond donors (Lipinski definition) is 2. The number of amides is 2. The van der Waals surface area contributed by atoms with Crippen LogP contribution in [0.2, 0.25) is 0 Å². The first-order valence-electron chi connectivity index (χ1n) is 7.55. The van der Waals surface area contributed by atoms with Crippen LogP contribution >= 0.6 is 0 Å².